The Morgan fingerprint density at radius 3 is 2.37 bits per heavy atom. The van der Waals surface area contributed by atoms with E-state index >= 15 is 0 Å². The molecule has 6 rings (SSSR count). The fourth-order valence-corrected chi connectivity index (χ4v) is 8.88. The molecule has 4 heterocycles. The highest BCUT2D eigenvalue weighted by molar-refractivity contribution is 7.89. The molecule has 3 aliphatic rings. The van der Waals surface area contributed by atoms with Crippen LogP contribution in [-0.2, 0) is 27.7 Å². The molecule has 0 radical (unpaired) electrons. The third kappa shape index (κ3) is 6.08. The highest BCUT2D eigenvalue weighted by atomic mass is 32.2. The molecule has 2 amide bonds. The number of ether oxygens (including phenoxy) is 1. The predicted molar refractivity (Wildman–Crippen MR) is 188 cm³/mol. The second-order valence-corrected chi connectivity index (χ2v) is 15.7. The lowest BCUT2D eigenvalue weighted by Crippen LogP contribution is -2.53. The number of nitrogens with two attached hydrogens (primary N) is 1. The number of hydrogen-bond acceptors (Lipinski definition) is 10. The van der Waals surface area contributed by atoms with E-state index in [0.717, 1.165) is 64.5 Å². The lowest BCUT2D eigenvalue weighted by molar-refractivity contribution is 0.0728. The van der Waals surface area contributed by atoms with Crippen LogP contribution in [-0.4, -0.2) is 115 Å². The quantitative estimate of drug-likeness (QED) is 0.348. The Labute approximate surface area is 287 Å². The maximum absolute atomic E-state index is 14.3. The number of nitrogens with zero attached hydrogens (tertiary/aromatic N) is 5. The molecule has 0 aliphatic carbocycles. The Morgan fingerprint density at radius 2 is 1.71 bits per heavy atom. The number of hydrogen-bond donors (Lipinski definition) is 1. The van der Waals surface area contributed by atoms with E-state index in [1.54, 1.807) is 7.11 Å². The van der Waals surface area contributed by atoms with Gasteiger partial charge in [0.15, 0.2) is 0 Å². The van der Waals surface area contributed by atoms with Gasteiger partial charge in [-0.05, 0) is 69.5 Å². The molecule has 264 valence electrons. The fourth-order valence-electron chi connectivity index (χ4n) is 7.60. The van der Waals surface area contributed by atoms with Crippen LogP contribution in [0.2, 0.25) is 0 Å². The first-order valence-electron chi connectivity index (χ1n) is 16.7. The summed E-state index contributed by atoms with van der Waals surface area (Å²) in [6, 6.07) is 5.18. The summed E-state index contributed by atoms with van der Waals surface area (Å²) in [6.45, 7) is 8.40. The molecular weight excluding hydrogens is 648 g/mol. The molecule has 2 aromatic carbocycles. The molecular formula is C35H46N6O7S. The molecule has 3 aliphatic heterocycles. The molecule has 0 bridgehead atoms. The topological polar surface area (TPSA) is 150 Å². The zero-order chi connectivity index (χ0) is 35.4. The minimum Gasteiger partial charge on any atom is -0.422 e. The van der Waals surface area contributed by atoms with Gasteiger partial charge in [0, 0.05) is 77.1 Å². The van der Waals surface area contributed by atoms with Crippen LogP contribution < -0.4 is 21.2 Å². The van der Waals surface area contributed by atoms with Gasteiger partial charge >= 0.3 is 5.63 Å². The van der Waals surface area contributed by atoms with Crippen molar-refractivity contribution in [3.05, 3.63) is 62.0 Å². The summed E-state index contributed by atoms with van der Waals surface area (Å²) in [5.41, 5.74) is 10.0. The van der Waals surface area contributed by atoms with Crippen molar-refractivity contribution in [2.24, 2.45) is 5.73 Å². The average Bonchev–Trinajstić information content (AvgIpc) is 3.61. The maximum Gasteiger partial charge on any atom is 0.341 e. The summed E-state index contributed by atoms with van der Waals surface area (Å²) in [4.78, 5) is 48.2. The van der Waals surface area contributed by atoms with Gasteiger partial charge in [-0.15, -0.1) is 0 Å². The molecule has 14 heteroatoms. The van der Waals surface area contributed by atoms with E-state index in [4.69, 9.17) is 14.9 Å². The first-order chi connectivity index (χ1) is 23.3. The van der Waals surface area contributed by atoms with Crippen LogP contribution in [0.4, 0.5) is 11.4 Å². The molecule has 2 saturated heterocycles. The van der Waals surface area contributed by atoms with Gasteiger partial charge in [0.1, 0.15) is 10.5 Å². The molecule has 2 N–H and O–H groups in total. The van der Waals surface area contributed by atoms with Crippen LogP contribution in [0.15, 0.2) is 32.3 Å². The molecule has 1 unspecified atom stereocenters. The summed E-state index contributed by atoms with van der Waals surface area (Å²) in [6.07, 6.45) is 2.02. The number of methoxy groups -OCH3 is 1. The van der Waals surface area contributed by atoms with Crippen molar-refractivity contribution in [2.45, 2.75) is 50.6 Å². The van der Waals surface area contributed by atoms with Crippen LogP contribution in [0.1, 0.15) is 55.8 Å². The first kappa shape index (κ1) is 34.9. The van der Waals surface area contributed by atoms with Gasteiger partial charge in [-0.1, -0.05) is 0 Å². The number of fused-ring (bicyclic) bond motifs is 3. The smallest absolute Gasteiger partial charge is 0.341 e. The fraction of sp³-hybridized carbons (Fsp3) is 0.514. The number of carbonyl (C=O) groups is 2. The number of piperazine rings is 1. The number of primary amides is 1. The molecule has 0 saturated carbocycles. The number of sulfonamides is 1. The number of likely N-dealkylation sites (N-methyl/N-ethyl adjacent to an activating group) is 1. The van der Waals surface area contributed by atoms with Crippen molar-refractivity contribution in [3.8, 4) is 0 Å². The van der Waals surface area contributed by atoms with E-state index in [2.05, 4.69) is 22.9 Å². The zero-order valence-corrected chi connectivity index (χ0v) is 30.0. The Morgan fingerprint density at radius 1 is 1.02 bits per heavy atom. The largest absolute Gasteiger partial charge is 0.422 e. The normalized spacial score (nSPS) is 18.8. The summed E-state index contributed by atoms with van der Waals surface area (Å²) in [7, 11) is 2.38. The molecule has 13 nitrogen and oxygen atoms in total. The molecule has 3 aromatic rings. The summed E-state index contributed by atoms with van der Waals surface area (Å²) in [5, 5.41) is 0.878. The Hall–Kier alpha value is -3.98. The van der Waals surface area contributed by atoms with E-state index in [1.807, 2.05) is 18.7 Å². The lowest BCUT2D eigenvalue weighted by Gasteiger charge is -2.41. The van der Waals surface area contributed by atoms with Crippen LogP contribution in [0.3, 0.4) is 0 Å². The van der Waals surface area contributed by atoms with Gasteiger partial charge in [-0.25, -0.2) is 17.5 Å². The zero-order valence-electron chi connectivity index (χ0n) is 29.2. The number of carbonyl (C=O) groups excluding carboxylic acids is 2. The van der Waals surface area contributed by atoms with E-state index in [0.29, 0.717) is 37.3 Å². The first-order valence-corrected chi connectivity index (χ1v) is 18.2. The summed E-state index contributed by atoms with van der Waals surface area (Å²) < 4.78 is 40.3. The third-order valence-electron chi connectivity index (χ3n) is 10.3. The minimum absolute atomic E-state index is 0.0398. The molecule has 1 atom stereocenters. The summed E-state index contributed by atoms with van der Waals surface area (Å²) in [5.74, 6) is -1.32. The Balaban J connectivity index is 1.40. The molecule has 2 fully saturated rings. The Bertz CT molecular complexity index is 1990. The second-order valence-electron chi connectivity index (χ2n) is 13.6. The van der Waals surface area contributed by atoms with Gasteiger partial charge in [-0.3, -0.25) is 14.5 Å². The van der Waals surface area contributed by atoms with Crippen molar-refractivity contribution in [1.29, 1.82) is 0 Å². The molecule has 0 spiro atoms. The third-order valence-corrected chi connectivity index (χ3v) is 12.2. The minimum atomic E-state index is -4.20. The van der Waals surface area contributed by atoms with Crippen LogP contribution in [0.5, 0.6) is 0 Å². The molecule has 49 heavy (non-hydrogen) atoms. The number of aryl methyl sites for hydroxylation is 2. The Kier molecular flexibility index (Phi) is 9.52. The highest BCUT2D eigenvalue weighted by Crippen LogP contribution is 2.39. The summed E-state index contributed by atoms with van der Waals surface area (Å²) >= 11 is 0. The van der Waals surface area contributed by atoms with Crippen molar-refractivity contribution in [3.63, 3.8) is 0 Å². The lowest BCUT2D eigenvalue weighted by atomic mass is 9.92. The second kappa shape index (κ2) is 13.4. The van der Waals surface area contributed by atoms with Crippen molar-refractivity contribution < 1.29 is 27.2 Å². The number of benzene rings is 2. The molecule has 1 aromatic heterocycles. The van der Waals surface area contributed by atoms with Crippen molar-refractivity contribution in [1.82, 2.24) is 14.1 Å². The van der Waals surface area contributed by atoms with Crippen LogP contribution in [0, 0.1) is 13.8 Å². The van der Waals surface area contributed by atoms with Crippen molar-refractivity contribution in [2.75, 3.05) is 83.9 Å². The number of amides is 2. The predicted octanol–water partition coefficient (Wildman–Crippen LogP) is 2.32. The monoisotopic (exact) mass is 694 g/mol. The number of anilines is 2. The highest BCUT2D eigenvalue weighted by Gasteiger charge is 2.37. The van der Waals surface area contributed by atoms with Crippen LogP contribution in [0.25, 0.3) is 11.0 Å². The van der Waals surface area contributed by atoms with Gasteiger partial charge in [0.2, 0.25) is 10.0 Å². The van der Waals surface area contributed by atoms with Gasteiger partial charge < -0.3 is 29.6 Å². The maximum atomic E-state index is 14.3. The van der Waals surface area contributed by atoms with E-state index < -0.39 is 27.5 Å². The van der Waals surface area contributed by atoms with Gasteiger partial charge in [0.25, 0.3) is 11.8 Å². The van der Waals surface area contributed by atoms with E-state index in [-0.39, 0.29) is 40.8 Å². The SMILES string of the molecule is COCC1CN(c2cc(C)c3c4c(c(=O)oc3c2C)CN(C(=O)c2ccc(C(N)=O)c(N3CCCC3)c2S(=O)(=O)N(C)C)CC4)CCN1C. The number of rotatable bonds is 8. The van der Waals surface area contributed by atoms with E-state index in [9.17, 15) is 22.8 Å². The standard InChI is InChI=1S/C35H46N6O7S/c1-21-17-28(40-16-15-38(5)23(18-40)20-47-6)22(2)31-29(21)24-11-14-41(19-27(24)35(44)48-31)34(43)26-10-9-25(33(36)42)30(39-12-7-8-13-39)32(26)49(45,46)37(3)4/h9-10,17,23H,7-8,11-16,18-20H2,1-6H3,(H2,36,42). The average molecular weight is 695 g/mol. The van der Waals surface area contributed by atoms with Gasteiger partial charge in [0.05, 0.1) is 41.6 Å². The van der Waals surface area contributed by atoms with Crippen LogP contribution >= 0.6 is 0 Å². The van der Waals surface area contributed by atoms with Gasteiger partial charge in [-0.2, -0.15) is 0 Å². The van der Waals surface area contributed by atoms with E-state index in [1.165, 1.54) is 31.1 Å². The van der Waals surface area contributed by atoms with Crippen molar-refractivity contribution >= 4 is 44.2 Å².